The number of piperidine rings is 1. The lowest BCUT2D eigenvalue weighted by atomic mass is 9.93. The van der Waals surface area contributed by atoms with E-state index in [0.717, 1.165) is 36.1 Å². The minimum absolute atomic E-state index is 0.0104. The minimum atomic E-state index is -0.0104. The molecule has 0 aromatic heterocycles. The Morgan fingerprint density at radius 2 is 1.88 bits per heavy atom. The summed E-state index contributed by atoms with van der Waals surface area (Å²) in [5.74, 6) is 2.33. The minimum Gasteiger partial charge on any atom is -0.497 e. The molecular formula is C21H34N2O3. The van der Waals surface area contributed by atoms with Gasteiger partial charge in [0.2, 0.25) is 5.91 Å². The third kappa shape index (κ3) is 5.90. The van der Waals surface area contributed by atoms with E-state index in [2.05, 4.69) is 31.0 Å². The Bertz CT molecular complexity index is 579. The van der Waals surface area contributed by atoms with Gasteiger partial charge in [0, 0.05) is 31.1 Å². The summed E-state index contributed by atoms with van der Waals surface area (Å²) in [5.41, 5.74) is 1.03. The van der Waals surface area contributed by atoms with Gasteiger partial charge in [-0.2, -0.15) is 0 Å². The number of ether oxygens (including phenoxy) is 2. The van der Waals surface area contributed by atoms with Gasteiger partial charge in [0.1, 0.15) is 11.5 Å². The fourth-order valence-corrected chi connectivity index (χ4v) is 3.52. The standard InChI is InChI=1S/C21H34N2O3/c1-16-7-6-10-23(14-16)21(2,3)15-22-20(24)9-8-17-11-18(25-4)13-19(12-17)26-5/h11-13,16H,6-10,14-15H2,1-5H3,(H,22,24). The number of amides is 1. The number of likely N-dealkylation sites (tertiary alicyclic amines) is 1. The van der Waals surface area contributed by atoms with E-state index in [1.807, 2.05) is 18.2 Å². The predicted octanol–water partition coefficient (Wildman–Crippen LogP) is 3.26. The third-order valence-electron chi connectivity index (χ3n) is 5.28. The Balaban J connectivity index is 1.83. The molecule has 0 saturated carbocycles. The number of carbonyl (C=O) groups excluding carboxylic acids is 1. The molecule has 0 aliphatic carbocycles. The van der Waals surface area contributed by atoms with Gasteiger partial charge in [-0.1, -0.05) is 6.92 Å². The van der Waals surface area contributed by atoms with E-state index in [1.54, 1.807) is 14.2 Å². The summed E-state index contributed by atoms with van der Waals surface area (Å²) in [6.45, 7) is 9.67. The second kappa shape index (κ2) is 9.26. The van der Waals surface area contributed by atoms with Gasteiger partial charge in [-0.15, -0.1) is 0 Å². The highest BCUT2D eigenvalue weighted by atomic mass is 16.5. The van der Waals surface area contributed by atoms with Crippen molar-refractivity contribution in [2.45, 2.75) is 52.0 Å². The van der Waals surface area contributed by atoms with Crippen molar-refractivity contribution < 1.29 is 14.3 Å². The van der Waals surface area contributed by atoms with Crippen molar-refractivity contribution in [3.63, 3.8) is 0 Å². The summed E-state index contributed by atoms with van der Waals surface area (Å²) >= 11 is 0. The third-order valence-corrected chi connectivity index (χ3v) is 5.28. The molecule has 1 aliphatic rings. The van der Waals surface area contributed by atoms with Crippen molar-refractivity contribution in [1.82, 2.24) is 10.2 Å². The molecule has 146 valence electrons. The molecule has 5 nitrogen and oxygen atoms in total. The van der Waals surface area contributed by atoms with Gasteiger partial charge in [0.25, 0.3) is 0 Å². The smallest absolute Gasteiger partial charge is 0.220 e. The summed E-state index contributed by atoms with van der Waals surface area (Å²) in [4.78, 5) is 14.8. The number of nitrogens with one attached hydrogen (secondary N) is 1. The van der Waals surface area contributed by atoms with Gasteiger partial charge in [-0.05, 0) is 63.3 Å². The number of benzene rings is 1. The maximum atomic E-state index is 12.3. The maximum Gasteiger partial charge on any atom is 0.220 e. The van der Waals surface area contributed by atoms with Crippen LogP contribution in [0, 0.1) is 5.92 Å². The van der Waals surface area contributed by atoms with E-state index in [4.69, 9.17) is 9.47 Å². The van der Waals surface area contributed by atoms with Gasteiger partial charge < -0.3 is 14.8 Å². The second-order valence-electron chi connectivity index (χ2n) is 8.00. The fraction of sp³-hybridized carbons (Fsp3) is 0.667. The van der Waals surface area contributed by atoms with Gasteiger partial charge in [-0.3, -0.25) is 9.69 Å². The van der Waals surface area contributed by atoms with Crippen LogP contribution in [0.5, 0.6) is 11.5 Å². The molecule has 1 amide bonds. The molecule has 26 heavy (non-hydrogen) atoms. The number of hydrogen-bond acceptors (Lipinski definition) is 4. The second-order valence-corrected chi connectivity index (χ2v) is 8.00. The monoisotopic (exact) mass is 362 g/mol. The number of carbonyl (C=O) groups is 1. The van der Waals surface area contributed by atoms with Crippen molar-refractivity contribution in [3.8, 4) is 11.5 Å². The molecule has 1 N–H and O–H groups in total. The molecule has 1 aliphatic heterocycles. The molecule has 1 atom stereocenters. The molecule has 0 bridgehead atoms. The highest BCUT2D eigenvalue weighted by molar-refractivity contribution is 5.76. The Hall–Kier alpha value is -1.75. The van der Waals surface area contributed by atoms with Crippen LogP contribution in [0.25, 0.3) is 0 Å². The molecule has 1 aromatic carbocycles. The highest BCUT2D eigenvalue weighted by Gasteiger charge is 2.30. The van der Waals surface area contributed by atoms with Gasteiger partial charge in [0.05, 0.1) is 14.2 Å². The molecule has 1 saturated heterocycles. The Kier molecular flexibility index (Phi) is 7.33. The summed E-state index contributed by atoms with van der Waals surface area (Å²) in [6.07, 6.45) is 3.68. The summed E-state index contributed by atoms with van der Waals surface area (Å²) in [7, 11) is 3.27. The van der Waals surface area contributed by atoms with E-state index in [0.29, 0.717) is 19.4 Å². The van der Waals surface area contributed by atoms with Crippen LogP contribution >= 0.6 is 0 Å². The van der Waals surface area contributed by atoms with Gasteiger partial charge >= 0.3 is 0 Å². The molecule has 0 radical (unpaired) electrons. The first-order valence-corrected chi connectivity index (χ1v) is 9.58. The first-order chi connectivity index (χ1) is 12.3. The van der Waals surface area contributed by atoms with Crippen LogP contribution in [0.15, 0.2) is 18.2 Å². The molecule has 1 aromatic rings. The summed E-state index contributed by atoms with van der Waals surface area (Å²) in [6, 6.07) is 5.75. The number of hydrogen-bond donors (Lipinski definition) is 1. The van der Waals surface area contributed by atoms with Crippen molar-refractivity contribution in [2.24, 2.45) is 5.92 Å². The maximum absolute atomic E-state index is 12.3. The van der Waals surface area contributed by atoms with Gasteiger partial charge in [-0.25, -0.2) is 0 Å². The molecule has 1 unspecified atom stereocenters. The molecule has 1 fully saturated rings. The van der Waals surface area contributed by atoms with Crippen LogP contribution in [0.2, 0.25) is 0 Å². The SMILES string of the molecule is COc1cc(CCC(=O)NCC(C)(C)N2CCCC(C)C2)cc(OC)c1. The lowest BCUT2D eigenvalue weighted by Gasteiger charge is -2.43. The van der Waals surface area contributed by atoms with E-state index in [9.17, 15) is 4.79 Å². The Morgan fingerprint density at radius 3 is 2.46 bits per heavy atom. The van der Waals surface area contributed by atoms with E-state index < -0.39 is 0 Å². The largest absolute Gasteiger partial charge is 0.497 e. The Labute approximate surface area is 158 Å². The molecule has 5 heteroatoms. The summed E-state index contributed by atoms with van der Waals surface area (Å²) < 4.78 is 10.6. The molecule has 0 spiro atoms. The van der Waals surface area contributed by atoms with E-state index in [-0.39, 0.29) is 11.4 Å². The zero-order valence-corrected chi connectivity index (χ0v) is 16.9. The average molecular weight is 363 g/mol. The lowest BCUT2D eigenvalue weighted by Crippen LogP contribution is -2.54. The van der Waals surface area contributed by atoms with Crippen molar-refractivity contribution >= 4 is 5.91 Å². The van der Waals surface area contributed by atoms with Crippen molar-refractivity contribution in [1.29, 1.82) is 0 Å². The quantitative estimate of drug-likeness (QED) is 0.771. The van der Waals surface area contributed by atoms with Crippen LogP contribution in [0.1, 0.15) is 45.6 Å². The van der Waals surface area contributed by atoms with Crippen LogP contribution in [0.4, 0.5) is 0 Å². The van der Waals surface area contributed by atoms with Crippen LogP contribution in [0.3, 0.4) is 0 Å². The number of nitrogens with zero attached hydrogens (tertiary/aromatic N) is 1. The first-order valence-electron chi connectivity index (χ1n) is 9.58. The topological polar surface area (TPSA) is 50.8 Å². The molecule has 2 rings (SSSR count). The van der Waals surface area contributed by atoms with Crippen LogP contribution in [-0.2, 0) is 11.2 Å². The zero-order chi connectivity index (χ0) is 19.2. The number of rotatable bonds is 8. The van der Waals surface area contributed by atoms with E-state index >= 15 is 0 Å². The number of methoxy groups -OCH3 is 2. The fourth-order valence-electron chi connectivity index (χ4n) is 3.52. The first kappa shape index (κ1) is 20.6. The van der Waals surface area contributed by atoms with Gasteiger partial charge in [0.15, 0.2) is 0 Å². The predicted molar refractivity (Wildman–Crippen MR) is 105 cm³/mol. The normalized spacial score (nSPS) is 18.4. The summed E-state index contributed by atoms with van der Waals surface area (Å²) in [5, 5.41) is 3.12. The molecule has 1 heterocycles. The van der Waals surface area contributed by atoms with Crippen LogP contribution in [-0.4, -0.2) is 50.2 Å². The lowest BCUT2D eigenvalue weighted by molar-refractivity contribution is -0.121. The highest BCUT2D eigenvalue weighted by Crippen LogP contribution is 2.24. The van der Waals surface area contributed by atoms with Crippen molar-refractivity contribution in [2.75, 3.05) is 33.9 Å². The zero-order valence-electron chi connectivity index (χ0n) is 16.9. The Morgan fingerprint density at radius 1 is 1.23 bits per heavy atom. The number of aryl methyl sites for hydroxylation is 1. The molecular weight excluding hydrogens is 328 g/mol. The van der Waals surface area contributed by atoms with E-state index in [1.165, 1.54) is 12.8 Å². The average Bonchev–Trinajstić information content (AvgIpc) is 2.64. The van der Waals surface area contributed by atoms with Crippen molar-refractivity contribution in [3.05, 3.63) is 23.8 Å². The van der Waals surface area contributed by atoms with Crippen LogP contribution < -0.4 is 14.8 Å².